The minimum absolute atomic E-state index is 0.176. The third-order valence-electron chi connectivity index (χ3n) is 10.3. The molecule has 8 aromatic carbocycles. The molecule has 0 bridgehead atoms. The summed E-state index contributed by atoms with van der Waals surface area (Å²) in [7, 11) is 0. The van der Waals surface area contributed by atoms with E-state index in [1.807, 2.05) is 0 Å². The van der Waals surface area contributed by atoms with E-state index in [9.17, 15) is 0 Å². The Balaban J connectivity index is 1.24. The highest BCUT2D eigenvalue weighted by Gasteiger charge is 2.39. The molecule has 0 amide bonds. The van der Waals surface area contributed by atoms with E-state index in [0.29, 0.717) is 0 Å². The van der Waals surface area contributed by atoms with Crippen LogP contribution in [-0.4, -0.2) is 4.57 Å². The van der Waals surface area contributed by atoms with Crippen molar-refractivity contribution >= 4 is 54.1 Å². The fourth-order valence-electron chi connectivity index (χ4n) is 8.35. The zero-order valence-corrected chi connectivity index (χ0v) is 24.7. The molecule has 0 N–H and O–H groups in total. The summed E-state index contributed by atoms with van der Waals surface area (Å²) >= 11 is 0. The lowest BCUT2D eigenvalue weighted by molar-refractivity contribution is 0.664. The van der Waals surface area contributed by atoms with Crippen LogP contribution in [0, 0.1) is 0 Å². The second kappa shape index (κ2) is 8.36. The number of hydrogen-bond acceptors (Lipinski definition) is 0. The molecule has 1 aliphatic carbocycles. The summed E-state index contributed by atoms with van der Waals surface area (Å²) in [6, 6.07) is 52.0. The summed E-state index contributed by atoms with van der Waals surface area (Å²) < 4.78 is 2.49. The third-order valence-corrected chi connectivity index (χ3v) is 10.3. The van der Waals surface area contributed by atoms with Crippen LogP contribution in [0.2, 0.25) is 0 Å². The molecule has 1 heteroatoms. The number of para-hydroxylation sites is 2. The molecule has 9 aromatic rings. The maximum Gasteiger partial charge on any atom is 0.0588 e. The van der Waals surface area contributed by atoms with E-state index < -0.39 is 0 Å². The normalized spacial score (nSPS) is 13.9. The molecule has 0 aliphatic heterocycles. The molecule has 0 saturated carbocycles. The topological polar surface area (TPSA) is 4.93 Å². The van der Waals surface area contributed by atoms with Crippen LogP contribution in [0.4, 0.5) is 0 Å². The molecule has 0 unspecified atom stereocenters. The molecule has 0 spiro atoms. The molecule has 1 heterocycles. The SMILES string of the molecule is CC1(C)c2cc(-c3ccc4ccc5cccc6ccc3c4c56)ccc2-c2ccc3c4ccccc4n(-c4ccccc4)c3c21. The zero-order valence-electron chi connectivity index (χ0n) is 24.7. The molecule has 1 aromatic heterocycles. The van der Waals surface area contributed by atoms with Gasteiger partial charge in [0.1, 0.15) is 0 Å². The maximum atomic E-state index is 2.49. The van der Waals surface area contributed by atoms with Crippen molar-refractivity contribution in [3.05, 3.63) is 151 Å². The fraction of sp³-hybridized carbons (Fsp3) is 0.0698. The Labute approximate surface area is 255 Å². The van der Waals surface area contributed by atoms with Crippen LogP contribution >= 0.6 is 0 Å². The van der Waals surface area contributed by atoms with E-state index in [-0.39, 0.29) is 5.41 Å². The van der Waals surface area contributed by atoms with Crippen LogP contribution in [0.1, 0.15) is 25.0 Å². The van der Waals surface area contributed by atoms with Gasteiger partial charge in [-0.2, -0.15) is 0 Å². The highest BCUT2D eigenvalue weighted by Crippen LogP contribution is 2.54. The lowest BCUT2D eigenvalue weighted by Gasteiger charge is -2.24. The Hall–Kier alpha value is -5.40. The Bertz CT molecular complexity index is 2600. The van der Waals surface area contributed by atoms with Gasteiger partial charge in [0.15, 0.2) is 0 Å². The van der Waals surface area contributed by atoms with Crippen molar-refractivity contribution < 1.29 is 0 Å². The molecular formula is C43H29N. The molecule has 0 atom stereocenters. The molecule has 206 valence electrons. The van der Waals surface area contributed by atoms with Gasteiger partial charge in [0, 0.05) is 21.9 Å². The summed E-state index contributed by atoms with van der Waals surface area (Å²) in [5.41, 5.74) is 11.7. The molecule has 10 rings (SSSR count). The zero-order chi connectivity index (χ0) is 29.2. The molecule has 44 heavy (non-hydrogen) atoms. The molecule has 1 nitrogen and oxygen atoms in total. The molecule has 1 aliphatic rings. The predicted molar refractivity (Wildman–Crippen MR) is 187 cm³/mol. The monoisotopic (exact) mass is 559 g/mol. The van der Waals surface area contributed by atoms with Crippen molar-refractivity contribution in [3.8, 4) is 27.9 Å². The van der Waals surface area contributed by atoms with Crippen molar-refractivity contribution in [2.45, 2.75) is 19.3 Å². The number of rotatable bonds is 2. The van der Waals surface area contributed by atoms with E-state index in [4.69, 9.17) is 0 Å². The Kier molecular flexibility index (Phi) is 4.58. The van der Waals surface area contributed by atoms with Crippen LogP contribution in [0.3, 0.4) is 0 Å². The van der Waals surface area contributed by atoms with Gasteiger partial charge in [0.05, 0.1) is 11.0 Å². The van der Waals surface area contributed by atoms with Crippen LogP contribution in [0.5, 0.6) is 0 Å². The van der Waals surface area contributed by atoms with Gasteiger partial charge in [0.2, 0.25) is 0 Å². The maximum absolute atomic E-state index is 2.49. The smallest absolute Gasteiger partial charge is 0.0588 e. The average molecular weight is 560 g/mol. The van der Waals surface area contributed by atoms with Crippen LogP contribution in [0.15, 0.2) is 140 Å². The van der Waals surface area contributed by atoms with Gasteiger partial charge in [-0.3, -0.25) is 0 Å². The van der Waals surface area contributed by atoms with Gasteiger partial charge < -0.3 is 4.57 Å². The molecule has 0 fully saturated rings. The number of benzene rings is 8. The lowest BCUT2D eigenvalue weighted by Crippen LogP contribution is -2.16. The van der Waals surface area contributed by atoms with Gasteiger partial charge >= 0.3 is 0 Å². The standard InChI is InChI=1S/C43H29N/c1-43(2)37-25-29(31-20-17-28-16-15-26-9-8-10-27-18-22-34(31)40(28)39(26)27)19-21-32(37)35-23-24-36-33-13-6-7-14-38(33)44(42(36)41(35)43)30-11-4-3-5-12-30/h3-25H,1-2H3. The quantitative estimate of drug-likeness (QED) is 0.186. The second-order valence-electron chi connectivity index (χ2n) is 12.9. The first kappa shape index (κ1) is 24.1. The molecule has 0 saturated heterocycles. The summed E-state index contributed by atoms with van der Waals surface area (Å²) in [4.78, 5) is 0. The Morgan fingerprint density at radius 3 is 1.98 bits per heavy atom. The number of fused-ring (bicyclic) bond motifs is 7. The van der Waals surface area contributed by atoms with Crippen LogP contribution in [-0.2, 0) is 5.41 Å². The minimum Gasteiger partial charge on any atom is -0.309 e. The predicted octanol–water partition coefficient (Wildman–Crippen LogP) is 11.7. The van der Waals surface area contributed by atoms with Gasteiger partial charge in [-0.05, 0) is 90.0 Å². The van der Waals surface area contributed by atoms with Gasteiger partial charge in [-0.25, -0.2) is 0 Å². The third kappa shape index (κ3) is 2.99. The first-order chi connectivity index (χ1) is 21.6. The Morgan fingerprint density at radius 2 is 1.14 bits per heavy atom. The fourth-order valence-corrected chi connectivity index (χ4v) is 8.35. The van der Waals surface area contributed by atoms with Crippen molar-refractivity contribution in [1.82, 2.24) is 4.57 Å². The van der Waals surface area contributed by atoms with Crippen LogP contribution < -0.4 is 0 Å². The highest BCUT2D eigenvalue weighted by molar-refractivity contribution is 6.25. The van der Waals surface area contributed by atoms with Gasteiger partial charge in [-0.1, -0.05) is 129 Å². The molecule has 0 radical (unpaired) electrons. The summed E-state index contributed by atoms with van der Waals surface area (Å²) in [6.07, 6.45) is 0. The van der Waals surface area contributed by atoms with Gasteiger partial charge in [0.25, 0.3) is 0 Å². The summed E-state index contributed by atoms with van der Waals surface area (Å²) in [5.74, 6) is 0. The number of aromatic nitrogens is 1. The lowest BCUT2D eigenvalue weighted by atomic mass is 9.80. The van der Waals surface area contributed by atoms with Crippen molar-refractivity contribution in [3.63, 3.8) is 0 Å². The number of nitrogens with zero attached hydrogens (tertiary/aromatic N) is 1. The average Bonchev–Trinajstić information content (AvgIpc) is 3.52. The highest BCUT2D eigenvalue weighted by atomic mass is 15.0. The van der Waals surface area contributed by atoms with Crippen molar-refractivity contribution in [2.24, 2.45) is 0 Å². The summed E-state index contributed by atoms with van der Waals surface area (Å²) in [5, 5.41) is 10.6. The van der Waals surface area contributed by atoms with Crippen LogP contribution in [0.25, 0.3) is 82.1 Å². The Morgan fingerprint density at radius 1 is 0.477 bits per heavy atom. The second-order valence-corrected chi connectivity index (χ2v) is 12.9. The van der Waals surface area contributed by atoms with Crippen molar-refractivity contribution in [2.75, 3.05) is 0 Å². The minimum atomic E-state index is -0.176. The van der Waals surface area contributed by atoms with E-state index >= 15 is 0 Å². The van der Waals surface area contributed by atoms with E-state index in [1.54, 1.807) is 0 Å². The first-order valence-electron chi connectivity index (χ1n) is 15.5. The number of hydrogen-bond donors (Lipinski definition) is 0. The van der Waals surface area contributed by atoms with Crippen molar-refractivity contribution in [1.29, 1.82) is 0 Å². The van der Waals surface area contributed by atoms with Gasteiger partial charge in [-0.15, -0.1) is 0 Å². The van der Waals surface area contributed by atoms with E-state index in [1.165, 1.54) is 93.2 Å². The summed E-state index contributed by atoms with van der Waals surface area (Å²) in [6.45, 7) is 4.83. The molecular weight excluding hydrogens is 530 g/mol. The van der Waals surface area contributed by atoms with E-state index in [2.05, 4.69) is 158 Å². The largest absolute Gasteiger partial charge is 0.309 e. The first-order valence-corrected chi connectivity index (χ1v) is 15.5. The van der Waals surface area contributed by atoms with E-state index in [0.717, 1.165) is 0 Å².